The first kappa shape index (κ1) is 45.0. The van der Waals surface area contributed by atoms with E-state index in [4.69, 9.17) is 18.9 Å². The van der Waals surface area contributed by atoms with Gasteiger partial charge in [-0.05, 0) is 84.7 Å². The molecule has 0 spiro atoms. The van der Waals surface area contributed by atoms with Gasteiger partial charge in [-0.1, -0.05) is 71.6 Å². The summed E-state index contributed by atoms with van der Waals surface area (Å²) in [5, 5.41) is 7.85. The summed E-state index contributed by atoms with van der Waals surface area (Å²) in [6.07, 6.45) is 2.96. The molecule has 346 valence electrons. The summed E-state index contributed by atoms with van der Waals surface area (Å²) in [4.78, 5) is 87.5. The smallest absolute Gasteiger partial charge is 0.413 e. The number of likely N-dealkylation sites (tertiary alicyclic amines) is 1. The van der Waals surface area contributed by atoms with Gasteiger partial charge >= 0.3 is 12.2 Å². The summed E-state index contributed by atoms with van der Waals surface area (Å²) in [6.45, 7) is 7.48. The summed E-state index contributed by atoms with van der Waals surface area (Å²) in [5.41, 5.74) is -0.748. The van der Waals surface area contributed by atoms with Crippen LogP contribution in [0.5, 0.6) is 17.2 Å². The summed E-state index contributed by atoms with van der Waals surface area (Å²) in [6, 6.07) is 8.53. The van der Waals surface area contributed by atoms with Crippen molar-refractivity contribution in [3.63, 3.8) is 0 Å². The van der Waals surface area contributed by atoms with Crippen LogP contribution in [0.2, 0.25) is 0 Å². The molecule has 0 radical (unpaired) electrons. The van der Waals surface area contributed by atoms with Crippen LogP contribution in [-0.2, 0) is 47.0 Å². The van der Waals surface area contributed by atoms with E-state index in [1.54, 1.807) is 51.1 Å². The van der Waals surface area contributed by atoms with E-state index >= 15 is 4.79 Å². The van der Waals surface area contributed by atoms with Crippen molar-refractivity contribution < 1.29 is 56.1 Å². The van der Waals surface area contributed by atoms with E-state index in [1.165, 1.54) is 9.80 Å². The minimum absolute atomic E-state index is 0.112. The highest BCUT2D eigenvalue weighted by Gasteiger charge is 2.62. The summed E-state index contributed by atoms with van der Waals surface area (Å²) < 4.78 is 50.4. The van der Waals surface area contributed by atoms with Crippen molar-refractivity contribution in [2.24, 2.45) is 17.3 Å². The van der Waals surface area contributed by atoms with E-state index < -0.39 is 86.3 Å². The number of rotatable bonds is 13. The molecule has 3 aliphatic heterocycles. The Morgan fingerprint density at radius 1 is 0.906 bits per heavy atom. The molecule has 2 aromatic rings. The monoisotopic (exact) mass is 906 g/mol. The van der Waals surface area contributed by atoms with Crippen molar-refractivity contribution in [2.45, 2.75) is 140 Å². The van der Waals surface area contributed by atoms with Crippen LogP contribution in [0, 0.1) is 17.3 Å². The molecule has 1 saturated heterocycles. The summed E-state index contributed by atoms with van der Waals surface area (Å²) >= 11 is 0. The van der Waals surface area contributed by atoms with Crippen molar-refractivity contribution in [2.75, 3.05) is 13.3 Å². The highest BCUT2D eigenvalue weighted by Crippen LogP contribution is 2.47. The molecule has 6 aliphatic rings. The number of fused-ring (bicyclic) bond motifs is 2. The van der Waals surface area contributed by atoms with Gasteiger partial charge in [0.15, 0.2) is 11.5 Å². The number of nitrogens with zero attached hydrogens (tertiary/aromatic N) is 2. The average Bonchev–Trinajstić information content (AvgIpc) is 4.09. The second-order valence-corrected chi connectivity index (χ2v) is 21.0. The maximum absolute atomic E-state index is 15.0. The van der Waals surface area contributed by atoms with Crippen LogP contribution >= 0.6 is 0 Å². The van der Waals surface area contributed by atoms with E-state index in [2.05, 4.69) is 20.7 Å². The van der Waals surface area contributed by atoms with Crippen LogP contribution in [0.3, 0.4) is 0 Å². The Morgan fingerprint density at radius 3 is 2.16 bits per heavy atom. The zero-order valence-corrected chi connectivity index (χ0v) is 37.5. The molecule has 3 aliphatic carbocycles. The largest absolute Gasteiger partial charge is 0.454 e. The van der Waals surface area contributed by atoms with Gasteiger partial charge in [0.05, 0.1) is 11.8 Å². The molecule has 3 saturated carbocycles. The van der Waals surface area contributed by atoms with Gasteiger partial charge in [0.2, 0.25) is 34.5 Å². The summed E-state index contributed by atoms with van der Waals surface area (Å²) in [5.74, 6) is -1.95. The lowest BCUT2D eigenvalue weighted by Gasteiger charge is -2.37. The zero-order chi connectivity index (χ0) is 45.6. The highest BCUT2D eigenvalue weighted by molar-refractivity contribution is 7.91. The van der Waals surface area contributed by atoms with Gasteiger partial charge in [-0.15, -0.1) is 0 Å². The predicted molar refractivity (Wildman–Crippen MR) is 229 cm³/mol. The number of carbonyl (C=O) groups excluding carboxylic acids is 6. The Labute approximate surface area is 372 Å². The molecule has 18 nitrogen and oxygen atoms in total. The molecule has 4 N–H and O–H groups in total. The van der Waals surface area contributed by atoms with Crippen molar-refractivity contribution in [3.8, 4) is 17.2 Å². The average molecular weight is 907 g/mol. The fourth-order valence-electron chi connectivity index (χ4n) is 9.47. The van der Waals surface area contributed by atoms with Crippen LogP contribution in [0.25, 0.3) is 0 Å². The third-order valence-electron chi connectivity index (χ3n) is 13.4. The van der Waals surface area contributed by atoms with Crippen molar-refractivity contribution in [1.82, 2.24) is 30.5 Å². The first-order chi connectivity index (χ1) is 30.5. The Morgan fingerprint density at radius 2 is 1.56 bits per heavy atom. The number of ether oxygens (including phenoxy) is 4. The number of sulfonamides is 1. The SMILES string of the molecule is CC[C@H]1C[C@@]1(NC(=O)C1C[C@@H](OC(=O)N2Cc3cc4c(cc3C2)OCO4)CN1C(=O)[C@@H](NC(=O)[C@@H](NC(=O)Oc1ccccc1)C1CCCCC1)C(C)(C)C)C(=O)NS(=O)(=O)C1CC1. The lowest BCUT2D eigenvalue weighted by atomic mass is 9.82. The van der Waals surface area contributed by atoms with Gasteiger partial charge in [0.25, 0.3) is 5.91 Å². The van der Waals surface area contributed by atoms with Crippen molar-refractivity contribution in [1.29, 1.82) is 0 Å². The van der Waals surface area contributed by atoms with Gasteiger partial charge in [-0.25, -0.2) is 18.0 Å². The van der Waals surface area contributed by atoms with Crippen molar-refractivity contribution in [3.05, 3.63) is 53.6 Å². The first-order valence-corrected chi connectivity index (χ1v) is 23.9. The minimum atomic E-state index is -3.94. The predicted octanol–water partition coefficient (Wildman–Crippen LogP) is 4.00. The molecule has 1 unspecified atom stereocenters. The fourth-order valence-corrected chi connectivity index (χ4v) is 10.8. The Bertz CT molecular complexity index is 2240. The number of nitrogens with one attached hydrogen (secondary N) is 4. The molecule has 6 atom stereocenters. The topological polar surface area (TPSA) is 228 Å². The van der Waals surface area contributed by atoms with Crippen LogP contribution in [0.1, 0.15) is 103 Å². The molecule has 64 heavy (non-hydrogen) atoms. The lowest BCUT2D eigenvalue weighted by Crippen LogP contribution is -2.62. The molecule has 4 fully saturated rings. The maximum Gasteiger partial charge on any atom is 0.413 e. The van der Waals surface area contributed by atoms with E-state index in [9.17, 15) is 32.4 Å². The Kier molecular flexibility index (Phi) is 12.5. The fraction of sp³-hybridized carbons (Fsp3) is 0.600. The number of hydrogen-bond donors (Lipinski definition) is 4. The lowest BCUT2D eigenvalue weighted by molar-refractivity contribution is -0.145. The second-order valence-electron chi connectivity index (χ2n) is 19.1. The second kappa shape index (κ2) is 17.8. The molecule has 8 rings (SSSR count). The van der Waals surface area contributed by atoms with Crippen molar-refractivity contribution >= 4 is 45.8 Å². The van der Waals surface area contributed by atoms with E-state index in [0.717, 1.165) is 30.4 Å². The number of para-hydroxylation sites is 1. The molecule has 0 bridgehead atoms. The van der Waals surface area contributed by atoms with Gasteiger partial charge in [-0.3, -0.25) is 28.8 Å². The van der Waals surface area contributed by atoms with Gasteiger partial charge in [-0.2, -0.15) is 0 Å². The molecule has 19 heteroatoms. The quantitative estimate of drug-likeness (QED) is 0.224. The first-order valence-electron chi connectivity index (χ1n) is 22.3. The third kappa shape index (κ3) is 9.59. The molecule has 6 amide bonds. The van der Waals surface area contributed by atoms with Crippen LogP contribution in [-0.4, -0.2) is 102 Å². The molecule has 0 aromatic heterocycles. The third-order valence-corrected chi connectivity index (χ3v) is 15.2. The molecular formula is C45H58N6O12S. The van der Waals surface area contributed by atoms with Gasteiger partial charge < -0.3 is 39.8 Å². The Balaban J connectivity index is 1.03. The van der Waals surface area contributed by atoms with E-state index in [0.29, 0.717) is 49.4 Å². The van der Waals surface area contributed by atoms with Gasteiger partial charge in [0.1, 0.15) is 35.5 Å². The number of amides is 6. The van der Waals surface area contributed by atoms with E-state index in [-0.39, 0.29) is 51.1 Å². The van der Waals surface area contributed by atoms with Crippen LogP contribution < -0.4 is 34.9 Å². The molecule has 2 aromatic carbocycles. The zero-order valence-electron chi connectivity index (χ0n) is 36.7. The minimum Gasteiger partial charge on any atom is -0.454 e. The van der Waals surface area contributed by atoms with Crippen LogP contribution in [0.15, 0.2) is 42.5 Å². The molecular weight excluding hydrogens is 849 g/mol. The van der Waals surface area contributed by atoms with Gasteiger partial charge in [0, 0.05) is 19.5 Å². The normalized spacial score (nSPS) is 24.8. The Hall–Kier alpha value is -5.59. The number of carbonyl (C=O) groups is 6. The number of hydrogen-bond acceptors (Lipinski definition) is 12. The van der Waals surface area contributed by atoms with Crippen LogP contribution in [0.4, 0.5) is 9.59 Å². The standard InChI is InChI=1S/C45H58N6O12S/c1-5-29-21-45(29,41(55)49-64(58,59)32-16-17-32)48-38(52)33-20-31(63-43(57)50-22-27-18-34-35(61-25-60-34)19-28(27)23-50)24-51(33)40(54)37(44(2,3)4)47-39(53)36(26-12-8-6-9-13-26)46-42(56)62-30-14-10-7-11-15-30/h7,10-11,14-15,18-19,26,29,31-33,36-37H,5-6,8-9,12-13,16-17,20-25H2,1-4H3,(H,46,56)(H,47,53)(H,48,52)(H,49,55)/t29-,31+,33?,36-,37+,45-/m0/s1. The highest BCUT2D eigenvalue weighted by atomic mass is 32.2. The molecule has 3 heterocycles. The maximum atomic E-state index is 15.0. The van der Waals surface area contributed by atoms with E-state index in [1.807, 2.05) is 19.1 Å². The summed E-state index contributed by atoms with van der Waals surface area (Å²) in [7, 11) is -3.94. The number of benzene rings is 2.